The minimum absolute atomic E-state index is 0. The van der Waals surface area contributed by atoms with E-state index in [4.69, 9.17) is 9.97 Å². The molecule has 0 saturated heterocycles. The van der Waals surface area contributed by atoms with Crippen molar-refractivity contribution < 1.29 is 26.2 Å². The van der Waals surface area contributed by atoms with Gasteiger partial charge in [0.15, 0.2) is 0 Å². The second-order valence-corrected chi connectivity index (χ2v) is 21.0. The average Bonchev–Trinajstić information content (AvgIpc) is 3.65. The van der Waals surface area contributed by atoms with Crippen molar-refractivity contribution in [2.45, 2.75) is 113 Å². The summed E-state index contributed by atoms with van der Waals surface area (Å²) in [6.07, 6.45) is 1.90. The molecule has 0 spiro atoms. The molecule has 0 amide bonds. The Morgan fingerprint density at radius 2 is 1.29 bits per heavy atom. The van der Waals surface area contributed by atoms with Crippen LogP contribution < -0.4 is 0 Å². The number of aromatic hydroxyl groups is 1. The van der Waals surface area contributed by atoms with Crippen LogP contribution in [-0.4, -0.2) is 19.6 Å². The second-order valence-electron chi connectivity index (χ2n) is 21.0. The number of rotatable bonds is 9. The molecule has 1 N–H and O–H groups in total. The minimum atomic E-state index is -0.158. The normalized spacial score (nSPS) is 12.3. The van der Waals surface area contributed by atoms with Gasteiger partial charge in [-0.05, 0) is 98.7 Å². The van der Waals surface area contributed by atoms with Gasteiger partial charge in [-0.25, -0.2) is 4.98 Å². The van der Waals surface area contributed by atoms with Crippen LogP contribution in [0.1, 0.15) is 123 Å². The smallest absolute Gasteiger partial charge is 0.148 e. The monoisotopic (exact) mass is 1040 g/mol. The van der Waals surface area contributed by atoms with Crippen LogP contribution in [0.15, 0.2) is 134 Å². The third-order valence-electron chi connectivity index (χ3n) is 13.7. The first kappa shape index (κ1) is 47.4. The van der Waals surface area contributed by atoms with Gasteiger partial charge in [-0.15, -0.1) is 29.3 Å². The summed E-state index contributed by atoms with van der Waals surface area (Å²) >= 11 is 0. The van der Waals surface area contributed by atoms with Crippen molar-refractivity contribution in [2.75, 3.05) is 0 Å². The molecule has 0 unspecified atom stereocenters. The maximum absolute atomic E-state index is 12.4. The van der Waals surface area contributed by atoms with Crippen LogP contribution in [0.3, 0.4) is 0 Å². The average molecular weight is 1040 g/mol. The van der Waals surface area contributed by atoms with Crippen molar-refractivity contribution in [3.05, 3.63) is 167 Å². The molecule has 0 aliphatic carbocycles. The van der Waals surface area contributed by atoms with Crippen molar-refractivity contribution in [1.29, 1.82) is 0 Å². The third-order valence-corrected chi connectivity index (χ3v) is 13.7. The number of hydrogen-bond donors (Lipinski definition) is 1. The molecule has 2 heterocycles. The summed E-state index contributed by atoms with van der Waals surface area (Å²) < 4.78 is 2.29. The third kappa shape index (κ3) is 9.17. The number of benzene rings is 6. The SMILES string of the molecule is Cc1ccc(-c2ccnc(-c3[c-]c(-c4cccc5c4nc(-c4cc(C(C)C)cc(C(C)C)c4O)n5-c4ccc(C(C)(C)C(C)(C)C)cc4-c4ccccc4)cc(C(C)(C)C)c3)c2)cc1.[Pt]. The van der Waals surface area contributed by atoms with Gasteiger partial charge in [-0.2, -0.15) is 0 Å². The number of aryl methyl sites for hydroxylation is 1. The molecular formula is C60H64N3OPt-. The molecular weight excluding hydrogens is 974 g/mol. The molecule has 0 aliphatic heterocycles. The maximum atomic E-state index is 12.4. The fourth-order valence-electron chi connectivity index (χ4n) is 8.56. The number of hydrogen-bond acceptors (Lipinski definition) is 3. The Bertz CT molecular complexity index is 3000. The van der Waals surface area contributed by atoms with Crippen LogP contribution >= 0.6 is 0 Å². The zero-order chi connectivity index (χ0) is 45.9. The Morgan fingerprint density at radius 1 is 0.600 bits per heavy atom. The van der Waals surface area contributed by atoms with E-state index >= 15 is 0 Å². The first-order chi connectivity index (χ1) is 30.2. The van der Waals surface area contributed by atoms with E-state index in [1.54, 1.807) is 0 Å². The topological polar surface area (TPSA) is 50.9 Å². The minimum Gasteiger partial charge on any atom is -0.507 e. The summed E-state index contributed by atoms with van der Waals surface area (Å²) in [5.74, 6) is 1.32. The fourth-order valence-corrected chi connectivity index (χ4v) is 8.56. The molecule has 336 valence electrons. The van der Waals surface area contributed by atoms with Gasteiger partial charge < -0.3 is 5.11 Å². The molecule has 5 heteroatoms. The predicted molar refractivity (Wildman–Crippen MR) is 271 cm³/mol. The zero-order valence-corrected chi connectivity index (χ0v) is 42.7. The number of phenols is 1. The van der Waals surface area contributed by atoms with E-state index < -0.39 is 0 Å². The summed E-state index contributed by atoms with van der Waals surface area (Å²) in [6, 6.07) is 49.7. The summed E-state index contributed by atoms with van der Waals surface area (Å²) in [5.41, 5.74) is 17.2. The number of imidazole rings is 1. The Morgan fingerprint density at radius 3 is 1.94 bits per heavy atom. The van der Waals surface area contributed by atoms with Gasteiger partial charge in [0.05, 0.1) is 22.3 Å². The van der Waals surface area contributed by atoms with Crippen LogP contribution in [0.25, 0.3) is 72.7 Å². The largest absolute Gasteiger partial charge is 0.507 e. The van der Waals surface area contributed by atoms with Crippen molar-refractivity contribution in [3.63, 3.8) is 0 Å². The molecule has 0 saturated carbocycles. The van der Waals surface area contributed by atoms with E-state index in [0.29, 0.717) is 5.82 Å². The predicted octanol–water partition coefficient (Wildman–Crippen LogP) is 16.4. The van der Waals surface area contributed by atoms with Gasteiger partial charge in [0, 0.05) is 38.5 Å². The van der Waals surface area contributed by atoms with E-state index in [1.807, 2.05) is 6.20 Å². The molecule has 0 bridgehead atoms. The Hall–Kier alpha value is -5.57. The molecule has 0 fully saturated rings. The number of pyridine rings is 1. The van der Waals surface area contributed by atoms with Crippen LogP contribution in [0.2, 0.25) is 0 Å². The maximum Gasteiger partial charge on any atom is 0.148 e. The van der Waals surface area contributed by atoms with Crippen molar-refractivity contribution in [3.8, 4) is 67.5 Å². The van der Waals surface area contributed by atoms with Crippen LogP contribution in [0, 0.1) is 18.4 Å². The first-order valence-corrected chi connectivity index (χ1v) is 22.9. The molecule has 0 atom stereocenters. The van der Waals surface area contributed by atoms with Crippen molar-refractivity contribution in [2.24, 2.45) is 5.41 Å². The van der Waals surface area contributed by atoms with Crippen molar-refractivity contribution >= 4 is 11.0 Å². The molecule has 8 aromatic rings. The van der Waals surface area contributed by atoms with E-state index in [1.165, 1.54) is 16.7 Å². The molecule has 2 aromatic heterocycles. The van der Waals surface area contributed by atoms with E-state index in [0.717, 1.165) is 78.0 Å². The van der Waals surface area contributed by atoms with E-state index in [2.05, 4.69) is 228 Å². The zero-order valence-electron chi connectivity index (χ0n) is 40.5. The van der Waals surface area contributed by atoms with Crippen LogP contribution in [0.5, 0.6) is 5.75 Å². The second kappa shape index (κ2) is 18.0. The van der Waals surface area contributed by atoms with E-state index in [-0.39, 0.29) is 54.9 Å². The van der Waals surface area contributed by atoms with Crippen molar-refractivity contribution in [1.82, 2.24) is 14.5 Å². The molecule has 8 rings (SSSR count). The Kier molecular flexibility index (Phi) is 13.1. The molecule has 4 nitrogen and oxygen atoms in total. The number of phenolic OH excluding ortho intramolecular Hbond substituents is 1. The van der Waals surface area contributed by atoms with Gasteiger partial charge >= 0.3 is 0 Å². The van der Waals surface area contributed by atoms with Gasteiger partial charge in [-0.3, -0.25) is 9.55 Å². The Balaban J connectivity index is 0.00000630. The first-order valence-electron chi connectivity index (χ1n) is 22.9. The quantitative estimate of drug-likeness (QED) is 0.147. The van der Waals surface area contributed by atoms with E-state index in [9.17, 15) is 5.11 Å². The number of para-hydroxylation sites is 1. The number of fused-ring (bicyclic) bond motifs is 1. The fraction of sp³-hybridized carbons (Fsp3) is 0.300. The molecule has 6 aromatic carbocycles. The number of nitrogens with zero attached hydrogens (tertiary/aromatic N) is 3. The summed E-state index contributed by atoms with van der Waals surface area (Å²) in [6.45, 7) is 29.2. The molecule has 65 heavy (non-hydrogen) atoms. The molecule has 0 aliphatic rings. The van der Waals surface area contributed by atoms with Gasteiger partial charge in [-0.1, -0.05) is 185 Å². The standard InChI is InChI=1S/C60H64N3O.Pt/c1-37(2)43-33-49(38(3)4)56(64)51(34-43)57-62-55-48(44-30-45(32-47(31-44)58(6,7)8)52-35-42(28-29-61-52)40-24-22-39(5)23-25-40)20-17-21-54(55)63(57)53-27-26-46(60(12,13)59(9,10)11)36-50(53)41-18-15-14-16-19-41;/h14-29,31-38,64H,1-13H3;/q-1;. The van der Waals surface area contributed by atoms with Gasteiger partial charge in [0.25, 0.3) is 0 Å². The molecule has 0 radical (unpaired) electrons. The summed E-state index contributed by atoms with van der Waals surface area (Å²) in [7, 11) is 0. The van der Waals surface area contributed by atoms with Gasteiger partial charge in [0.2, 0.25) is 0 Å². The van der Waals surface area contributed by atoms with Crippen LogP contribution in [-0.2, 0) is 31.9 Å². The number of aromatic nitrogens is 3. The Labute approximate surface area is 402 Å². The summed E-state index contributed by atoms with van der Waals surface area (Å²) in [4.78, 5) is 10.6. The summed E-state index contributed by atoms with van der Waals surface area (Å²) in [5, 5.41) is 12.4. The van der Waals surface area contributed by atoms with Gasteiger partial charge in [0.1, 0.15) is 11.6 Å². The van der Waals surface area contributed by atoms with Crippen LogP contribution in [0.4, 0.5) is 0 Å².